The van der Waals surface area contributed by atoms with Crippen LogP contribution in [0.15, 0.2) is 17.5 Å². The van der Waals surface area contributed by atoms with E-state index in [0.29, 0.717) is 6.04 Å². The molecule has 18 heavy (non-hydrogen) atoms. The summed E-state index contributed by atoms with van der Waals surface area (Å²) in [7, 11) is 0. The maximum atomic E-state index is 3.46. The van der Waals surface area contributed by atoms with E-state index >= 15 is 0 Å². The first-order valence-corrected chi connectivity index (χ1v) is 8.17. The van der Waals surface area contributed by atoms with Crippen molar-refractivity contribution in [1.82, 2.24) is 10.2 Å². The van der Waals surface area contributed by atoms with Gasteiger partial charge in [0.05, 0.1) is 0 Å². The van der Waals surface area contributed by atoms with E-state index in [0.717, 1.165) is 5.92 Å². The van der Waals surface area contributed by atoms with Gasteiger partial charge in [0.25, 0.3) is 0 Å². The highest BCUT2D eigenvalue weighted by Crippen LogP contribution is 2.27. The topological polar surface area (TPSA) is 15.3 Å². The quantitative estimate of drug-likeness (QED) is 0.847. The van der Waals surface area contributed by atoms with Gasteiger partial charge in [-0.05, 0) is 63.2 Å². The van der Waals surface area contributed by atoms with Crippen LogP contribution in [0.3, 0.4) is 0 Å². The first-order valence-electron chi connectivity index (χ1n) is 7.29. The van der Waals surface area contributed by atoms with Gasteiger partial charge in [-0.3, -0.25) is 4.90 Å². The fourth-order valence-corrected chi connectivity index (χ4v) is 3.65. The molecule has 3 heteroatoms. The van der Waals surface area contributed by atoms with Crippen LogP contribution in [-0.2, 0) is 0 Å². The SMILES string of the molecule is CCCN(CC1CCNCC1)C(C)c1cccs1. The summed E-state index contributed by atoms with van der Waals surface area (Å²) in [5.41, 5.74) is 0. The molecule has 0 saturated carbocycles. The zero-order chi connectivity index (χ0) is 12.8. The standard InChI is InChI=1S/C15H26N2S/c1-3-10-17(12-14-6-8-16-9-7-14)13(2)15-5-4-11-18-15/h4-5,11,13-14,16H,3,6-10,12H2,1-2H3. The van der Waals surface area contributed by atoms with E-state index in [1.807, 2.05) is 11.3 Å². The summed E-state index contributed by atoms with van der Waals surface area (Å²) in [5, 5.41) is 5.66. The van der Waals surface area contributed by atoms with Crippen molar-refractivity contribution in [3.63, 3.8) is 0 Å². The third kappa shape index (κ3) is 3.81. The molecule has 0 spiro atoms. The molecule has 0 radical (unpaired) electrons. The Bertz CT molecular complexity index is 317. The first-order chi connectivity index (χ1) is 8.81. The Balaban J connectivity index is 1.93. The second-order valence-electron chi connectivity index (χ2n) is 5.38. The first kappa shape index (κ1) is 14.0. The minimum absolute atomic E-state index is 0.583. The molecule has 1 aliphatic rings. The molecule has 0 amide bonds. The maximum absolute atomic E-state index is 3.46. The lowest BCUT2D eigenvalue weighted by atomic mass is 9.96. The van der Waals surface area contributed by atoms with Crippen molar-refractivity contribution in [3.05, 3.63) is 22.4 Å². The molecule has 1 atom stereocenters. The fourth-order valence-electron chi connectivity index (χ4n) is 2.84. The molecule has 0 bridgehead atoms. The average Bonchev–Trinajstić information content (AvgIpc) is 2.92. The van der Waals surface area contributed by atoms with Crippen LogP contribution in [0.5, 0.6) is 0 Å². The number of piperidine rings is 1. The largest absolute Gasteiger partial charge is 0.317 e. The Hall–Kier alpha value is -0.380. The minimum Gasteiger partial charge on any atom is -0.317 e. The Kier molecular flexibility index (Phi) is 5.67. The summed E-state index contributed by atoms with van der Waals surface area (Å²) >= 11 is 1.89. The van der Waals surface area contributed by atoms with E-state index in [4.69, 9.17) is 0 Å². The number of thiophene rings is 1. The predicted molar refractivity (Wildman–Crippen MR) is 80.2 cm³/mol. The lowest BCUT2D eigenvalue weighted by Crippen LogP contribution is -2.37. The lowest BCUT2D eigenvalue weighted by molar-refractivity contribution is 0.163. The number of nitrogens with one attached hydrogen (secondary N) is 1. The van der Waals surface area contributed by atoms with Gasteiger partial charge in [-0.15, -0.1) is 11.3 Å². The van der Waals surface area contributed by atoms with Crippen LogP contribution in [0.2, 0.25) is 0 Å². The zero-order valence-corrected chi connectivity index (χ0v) is 12.5. The molecular formula is C15H26N2S. The zero-order valence-electron chi connectivity index (χ0n) is 11.7. The number of hydrogen-bond acceptors (Lipinski definition) is 3. The summed E-state index contributed by atoms with van der Waals surface area (Å²) in [6.45, 7) is 9.56. The normalized spacial score (nSPS) is 19.3. The molecular weight excluding hydrogens is 240 g/mol. The van der Waals surface area contributed by atoms with E-state index in [1.165, 1.54) is 50.3 Å². The third-order valence-corrected chi connectivity index (χ3v) is 5.01. The minimum atomic E-state index is 0.583. The summed E-state index contributed by atoms with van der Waals surface area (Å²) in [4.78, 5) is 4.19. The van der Waals surface area contributed by atoms with Crippen molar-refractivity contribution in [3.8, 4) is 0 Å². The van der Waals surface area contributed by atoms with Gasteiger partial charge >= 0.3 is 0 Å². The Morgan fingerprint density at radius 2 is 2.22 bits per heavy atom. The third-order valence-electron chi connectivity index (χ3n) is 3.96. The molecule has 1 N–H and O–H groups in total. The van der Waals surface area contributed by atoms with Crippen molar-refractivity contribution >= 4 is 11.3 Å². The van der Waals surface area contributed by atoms with Crippen LogP contribution < -0.4 is 5.32 Å². The van der Waals surface area contributed by atoms with Crippen LogP contribution in [0.4, 0.5) is 0 Å². The molecule has 1 aromatic heterocycles. The molecule has 2 nitrogen and oxygen atoms in total. The monoisotopic (exact) mass is 266 g/mol. The van der Waals surface area contributed by atoms with Crippen LogP contribution in [0.1, 0.15) is 44.0 Å². The predicted octanol–water partition coefficient (Wildman–Crippen LogP) is 3.52. The molecule has 1 aliphatic heterocycles. The molecule has 2 heterocycles. The molecule has 2 rings (SSSR count). The molecule has 1 unspecified atom stereocenters. The highest BCUT2D eigenvalue weighted by atomic mass is 32.1. The van der Waals surface area contributed by atoms with Gasteiger partial charge in [-0.1, -0.05) is 13.0 Å². The lowest BCUT2D eigenvalue weighted by Gasteiger charge is -2.33. The smallest absolute Gasteiger partial charge is 0.0413 e. The van der Waals surface area contributed by atoms with Crippen LogP contribution in [0, 0.1) is 5.92 Å². The van der Waals surface area contributed by atoms with Crippen molar-refractivity contribution in [1.29, 1.82) is 0 Å². The highest BCUT2D eigenvalue weighted by Gasteiger charge is 2.21. The average molecular weight is 266 g/mol. The molecule has 1 fully saturated rings. The van der Waals surface area contributed by atoms with Gasteiger partial charge in [-0.2, -0.15) is 0 Å². The van der Waals surface area contributed by atoms with E-state index in [2.05, 4.69) is 41.6 Å². The molecule has 0 aromatic carbocycles. The molecule has 1 saturated heterocycles. The van der Waals surface area contributed by atoms with Crippen molar-refractivity contribution in [2.45, 2.75) is 39.2 Å². The molecule has 1 aromatic rings. The summed E-state index contributed by atoms with van der Waals surface area (Å²) in [6.07, 6.45) is 3.94. The van der Waals surface area contributed by atoms with E-state index in [1.54, 1.807) is 0 Å². The molecule has 0 aliphatic carbocycles. The van der Waals surface area contributed by atoms with Gasteiger partial charge in [0.1, 0.15) is 0 Å². The molecule has 102 valence electrons. The van der Waals surface area contributed by atoms with Crippen LogP contribution in [0.25, 0.3) is 0 Å². The number of hydrogen-bond donors (Lipinski definition) is 1. The summed E-state index contributed by atoms with van der Waals surface area (Å²) in [5.74, 6) is 0.889. The maximum Gasteiger partial charge on any atom is 0.0413 e. The van der Waals surface area contributed by atoms with Crippen molar-refractivity contribution in [2.75, 3.05) is 26.2 Å². The van der Waals surface area contributed by atoms with Gasteiger partial charge in [0, 0.05) is 17.5 Å². The van der Waals surface area contributed by atoms with E-state index in [-0.39, 0.29) is 0 Å². The van der Waals surface area contributed by atoms with Crippen molar-refractivity contribution in [2.24, 2.45) is 5.92 Å². The number of rotatable bonds is 6. The van der Waals surface area contributed by atoms with E-state index < -0.39 is 0 Å². The van der Waals surface area contributed by atoms with Gasteiger partial charge in [0.15, 0.2) is 0 Å². The Labute approximate surface area is 115 Å². The van der Waals surface area contributed by atoms with Crippen molar-refractivity contribution < 1.29 is 0 Å². The van der Waals surface area contributed by atoms with Gasteiger partial charge in [0.2, 0.25) is 0 Å². The van der Waals surface area contributed by atoms with Gasteiger partial charge in [-0.25, -0.2) is 0 Å². The summed E-state index contributed by atoms with van der Waals surface area (Å²) in [6, 6.07) is 5.03. The summed E-state index contributed by atoms with van der Waals surface area (Å²) < 4.78 is 0. The Morgan fingerprint density at radius 3 is 2.83 bits per heavy atom. The van der Waals surface area contributed by atoms with E-state index in [9.17, 15) is 0 Å². The fraction of sp³-hybridized carbons (Fsp3) is 0.733. The van der Waals surface area contributed by atoms with Gasteiger partial charge < -0.3 is 5.32 Å². The number of nitrogens with zero attached hydrogens (tertiary/aromatic N) is 1. The second-order valence-corrected chi connectivity index (χ2v) is 6.36. The van der Waals surface area contributed by atoms with Crippen LogP contribution >= 0.6 is 11.3 Å². The highest BCUT2D eigenvalue weighted by molar-refractivity contribution is 7.10. The Morgan fingerprint density at radius 1 is 1.44 bits per heavy atom. The second kappa shape index (κ2) is 7.27. The van der Waals surface area contributed by atoms with Crippen LogP contribution in [-0.4, -0.2) is 31.1 Å².